The molecule has 0 aromatic heterocycles. The fourth-order valence-electron chi connectivity index (χ4n) is 2.94. The summed E-state index contributed by atoms with van der Waals surface area (Å²) in [4.78, 5) is 12.1. The maximum Gasteiger partial charge on any atom is 0.225 e. The Morgan fingerprint density at radius 1 is 1.20 bits per heavy atom. The highest BCUT2D eigenvalue weighted by molar-refractivity contribution is 5.79. The minimum atomic E-state index is 0.0644. The molecule has 1 aliphatic carbocycles. The molecule has 1 amide bonds. The van der Waals surface area contributed by atoms with Crippen molar-refractivity contribution in [2.75, 3.05) is 13.2 Å². The van der Waals surface area contributed by atoms with E-state index < -0.39 is 0 Å². The highest BCUT2D eigenvalue weighted by Crippen LogP contribution is 2.27. The molecule has 0 spiro atoms. The Kier molecular flexibility index (Phi) is 4.16. The Hall–Kier alpha value is -1.61. The maximum atomic E-state index is 12.1. The van der Waals surface area contributed by atoms with Gasteiger partial charge in [0.15, 0.2) is 0 Å². The fourth-order valence-corrected chi connectivity index (χ4v) is 2.94. The third-order valence-corrected chi connectivity index (χ3v) is 4.20. The van der Waals surface area contributed by atoms with Gasteiger partial charge >= 0.3 is 0 Å². The number of rotatable bonds is 3. The van der Waals surface area contributed by atoms with E-state index in [0.717, 1.165) is 32.3 Å². The molecule has 1 aliphatic heterocycles. The van der Waals surface area contributed by atoms with Crippen LogP contribution in [0.4, 0.5) is 0 Å². The SMILES string of the molecule is O=C(NC1CC=C(c2ccccc2)CC1)[C@H]1CCOC1. The molecule has 3 nitrogen and oxygen atoms in total. The van der Waals surface area contributed by atoms with E-state index in [4.69, 9.17) is 4.74 Å². The lowest BCUT2D eigenvalue weighted by Crippen LogP contribution is -2.39. The molecule has 0 saturated carbocycles. The van der Waals surface area contributed by atoms with E-state index in [1.165, 1.54) is 11.1 Å². The first-order chi connectivity index (χ1) is 9.83. The van der Waals surface area contributed by atoms with Crippen LogP contribution in [0.25, 0.3) is 5.57 Å². The van der Waals surface area contributed by atoms with Gasteiger partial charge in [0.2, 0.25) is 5.91 Å². The van der Waals surface area contributed by atoms with Gasteiger partial charge in [0, 0.05) is 12.6 Å². The second-order valence-corrected chi connectivity index (χ2v) is 5.64. The summed E-state index contributed by atoms with van der Waals surface area (Å²) in [5.41, 5.74) is 2.71. The number of ether oxygens (including phenoxy) is 1. The minimum absolute atomic E-state index is 0.0644. The summed E-state index contributed by atoms with van der Waals surface area (Å²) in [6.45, 7) is 1.31. The van der Waals surface area contributed by atoms with Crippen LogP contribution < -0.4 is 5.32 Å². The van der Waals surface area contributed by atoms with Gasteiger partial charge < -0.3 is 10.1 Å². The van der Waals surface area contributed by atoms with Gasteiger partial charge in [-0.2, -0.15) is 0 Å². The van der Waals surface area contributed by atoms with E-state index >= 15 is 0 Å². The molecule has 106 valence electrons. The van der Waals surface area contributed by atoms with Crippen molar-refractivity contribution in [2.45, 2.75) is 31.7 Å². The zero-order chi connectivity index (χ0) is 13.8. The highest BCUT2D eigenvalue weighted by Gasteiger charge is 2.26. The van der Waals surface area contributed by atoms with Crippen molar-refractivity contribution in [3.8, 4) is 0 Å². The third-order valence-electron chi connectivity index (χ3n) is 4.20. The van der Waals surface area contributed by atoms with Crippen LogP contribution >= 0.6 is 0 Å². The summed E-state index contributed by atoms with van der Waals surface area (Å²) < 4.78 is 5.27. The number of hydrogen-bond acceptors (Lipinski definition) is 2. The Labute approximate surface area is 120 Å². The van der Waals surface area contributed by atoms with Crippen molar-refractivity contribution in [3.05, 3.63) is 42.0 Å². The third kappa shape index (κ3) is 3.10. The molecule has 1 unspecified atom stereocenters. The quantitative estimate of drug-likeness (QED) is 0.918. The number of benzene rings is 1. The van der Waals surface area contributed by atoms with Gasteiger partial charge in [-0.3, -0.25) is 4.79 Å². The van der Waals surface area contributed by atoms with Gasteiger partial charge in [0.1, 0.15) is 0 Å². The molecule has 3 heteroatoms. The maximum absolute atomic E-state index is 12.1. The molecule has 1 fully saturated rings. The smallest absolute Gasteiger partial charge is 0.225 e. The van der Waals surface area contributed by atoms with Crippen LogP contribution in [0.5, 0.6) is 0 Å². The Morgan fingerprint density at radius 3 is 2.70 bits per heavy atom. The van der Waals surface area contributed by atoms with Crippen LogP contribution in [0.15, 0.2) is 36.4 Å². The topological polar surface area (TPSA) is 38.3 Å². The van der Waals surface area contributed by atoms with Crippen LogP contribution in [0.2, 0.25) is 0 Å². The zero-order valence-electron chi connectivity index (χ0n) is 11.7. The molecule has 1 saturated heterocycles. The second-order valence-electron chi connectivity index (χ2n) is 5.64. The first kappa shape index (κ1) is 13.4. The summed E-state index contributed by atoms with van der Waals surface area (Å²) >= 11 is 0. The zero-order valence-corrected chi connectivity index (χ0v) is 11.7. The van der Waals surface area contributed by atoms with E-state index in [9.17, 15) is 4.79 Å². The van der Waals surface area contributed by atoms with Gasteiger partial charge in [0.25, 0.3) is 0 Å². The van der Waals surface area contributed by atoms with Crippen molar-refractivity contribution < 1.29 is 9.53 Å². The largest absolute Gasteiger partial charge is 0.381 e. The van der Waals surface area contributed by atoms with Gasteiger partial charge in [-0.05, 0) is 36.8 Å². The van der Waals surface area contributed by atoms with E-state index in [-0.39, 0.29) is 17.9 Å². The van der Waals surface area contributed by atoms with Crippen LogP contribution in [0.3, 0.4) is 0 Å². The van der Waals surface area contributed by atoms with Crippen LogP contribution in [0, 0.1) is 5.92 Å². The highest BCUT2D eigenvalue weighted by atomic mass is 16.5. The van der Waals surface area contributed by atoms with E-state index in [1.54, 1.807) is 0 Å². The molecule has 2 aliphatic rings. The van der Waals surface area contributed by atoms with Crippen molar-refractivity contribution in [1.82, 2.24) is 5.32 Å². The molecule has 1 heterocycles. The summed E-state index contributed by atoms with van der Waals surface area (Å²) in [6, 6.07) is 10.8. The summed E-state index contributed by atoms with van der Waals surface area (Å²) in [7, 11) is 0. The lowest BCUT2D eigenvalue weighted by molar-refractivity contribution is -0.125. The minimum Gasteiger partial charge on any atom is -0.381 e. The number of amides is 1. The fraction of sp³-hybridized carbons (Fsp3) is 0.471. The normalized spacial score (nSPS) is 26.1. The van der Waals surface area contributed by atoms with E-state index in [1.807, 2.05) is 6.07 Å². The summed E-state index contributed by atoms with van der Waals surface area (Å²) in [5, 5.41) is 3.17. The molecule has 1 aromatic rings. The Morgan fingerprint density at radius 2 is 2.05 bits per heavy atom. The monoisotopic (exact) mass is 271 g/mol. The van der Waals surface area contributed by atoms with Crippen LogP contribution in [0.1, 0.15) is 31.2 Å². The van der Waals surface area contributed by atoms with Gasteiger partial charge in [-0.15, -0.1) is 0 Å². The lowest BCUT2D eigenvalue weighted by atomic mass is 9.90. The molecular formula is C17H21NO2. The molecule has 0 bridgehead atoms. The number of hydrogen-bond donors (Lipinski definition) is 1. The molecular weight excluding hydrogens is 250 g/mol. The van der Waals surface area contributed by atoms with Gasteiger partial charge in [-0.1, -0.05) is 36.4 Å². The van der Waals surface area contributed by atoms with E-state index in [0.29, 0.717) is 6.61 Å². The van der Waals surface area contributed by atoms with Gasteiger partial charge in [-0.25, -0.2) is 0 Å². The van der Waals surface area contributed by atoms with E-state index in [2.05, 4.69) is 35.7 Å². The Bertz CT molecular complexity index is 489. The summed E-state index contributed by atoms with van der Waals surface area (Å²) in [5.74, 6) is 0.235. The Balaban J connectivity index is 1.55. The van der Waals surface area contributed by atoms with Crippen molar-refractivity contribution in [3.63, 3.8) is 0 Å². The molecule has 3 rings (SSSR count). The standard InChI is InChI=1S/C17H21NO2/c19-17(15-10-11-20-12-15)18-16-8-6-14(7-9-16)13-4-2-1-3-5-13/h1-6,15-16H,7-12H2,(H,18,19)/t15-,16?/m0/s1. The van der Waals surface area contributed by atoms with Crippen LogP contribution in [-0.2, 0) is 9.53 Å². The lowest BCUT2D eigenvalue weighted by Gasteiger charge is -2.24. The molecule has 1 N–H and O–H groups in total. The first-order valence-corrected chi connectivity index (χ1v) is 7.45. The second kappa shape index (κ2) is 6.23. The molecule has 2 atom stereocenters. The van der Waals surface area contributed by atoms with Crippen LogP contribution in [-0.4, -0.2) is 25.2 Å². The predicted molar refractivity (Wildman–Crippen MR) is 79.1 cm³/mol. The van der Waals surface area contributed by atoms with Crippen molar-refractivity contribution >= 4 is 11.5 Å². The number of nitrogens with one attached hydrogen (secondary N) is 1. The molecule has 20 heavy (non-hydrogen) atoms. The molecule has 1 aromatic carbocycles. The number of allylic oxidation sites excluding steroid dienone is 1. The first-order valence-electron chi connectivity index (χ1n) is 7.45. The average Bonchev–Trinajstić information content (AvgIpc) is 3.03. The molecule has 0 radical (unpaired) electrons. The summed E-state index contributed by atoms with van der Waals surface area (Å²) in [6.07, 6.45) is 6.14. The predicted octanol–water partition coefficient (Wildman–Crippen LogP) is 2.78. The number of carbonyl (C=O) groups is 1. The number of carbonyl (C=O) groups excluding carboxylic acids is 1. The average molecular weight is 271 g/mol. The van der Waals surface area contributed by atoms with Crippen molar-refractivity contribution in [1.29, 1.82) is 0 Å². The van der Waals surface area contributed by atoms with Gasteiger partial charge in [0.05, 0.1) is 12.5 Å². The van der Waals surface area contributed by atoms with Crippen molar-refractivity contribution in [2.24, 2.45) is 5.92 Å².